The van der Waals surface area contributed by atoms with E-state index >= 15 is 0 Å². The number of aliphatic hydroxyl groups is 1. The predicted molar refractivity (Wildman–Crippen MR) is 109 cm³/mol. The Labute approximate surface area is 167 Å². The molecule has 1 aromatic carbocycles. The van der Waals surface area contributed by atoms with Gasteiger partial charge >= 0.3 is 0 Å². The van der Waals surface area contributed by atoms with Gasteiger partial charge < -0.3 is 19.6 Å². The molecule has 0 bridgehead atoms. The summed E-state index contributed by atoms with van der Waals surface area (Å²) >= 11 is 0. The van der Waals surface area contributed by atoms with Gasteiger partial charge in [-0.3, -0.25) is 9.59 Å². The van der Waals surface area contributed by atoms with Crippen molar-refractivity contribution < 1.29 is 19.4 Å². The number of hydrogen-bond donors (Lipinski definition) is 1. The van der Waals surface area contributed by atoms with Crippen molar-refractivity contribution in [3.8, 4) is 5.75 Å². The van der Waals surface area contributed by atoms with Gasteiger partial charge in [0.25, 0.3) is 5.91 Å². The fraction of sp³-hybridized carbons (Fsp3) is 0.545. The van der Waals surface area contributed by atoms with Gasteiger partial charge in [0.15, 0.2) is 11.5 Å². The third-order valence-corrected chi connectivity index (χ3v) is 4.55. The largest absolute Gasteiger partial charge is 0.503 e. The van der Waals surface area contributed by atoms with Gasteiger partial charge in [0.05, 0.1) is 17.7 Å². The van der Waals surface area contributed by atoms with Crippen LogP contribution < -0.4 is 4.74 Å². The van der Waals surface area contributed by atoms with Crippen molar-refractivity contribution in [1.82, 2.24) is 9.80 Å². The first-order valence-corrected chi connectivity index (χ1v) is 9.80. The number of nitrogens with zero attached hydrogens (tertiary/aromatic N) is 2. The Hall–Kier alpha value is -2.34. The normalized spacial score (nSPS) is 17.4. The molecule has 1 aliphatic heterocycles. The topological polar surface area (TPSA) is 70.1 Å². The number of hydrogen-bond acceptors (Lipinski definition) is 5. The maximum Gasteiger partial charge on any atom is 0.290 e. The number of likely N-dealkylation sites (N-methyl/N-ethyl adjacent to an activating group) is 1. The zero-order valence-electron chi connectivity index (χ0n) is 17.7. The number of ketones is 1. The summed E-state index contributed by atoms with van der Waals surface area (Å²) in [4.78, 5) is 29.1. The molecule has 6 nitrogen and oxygen atoms in total. The van der Waals surface area contributed by atoms with Crippen molar-refractivity contribution in [2.75, 3.05) is 27.2 Å². The van der Waals surface area contributed by atoms with E-state index in [1.54, 1.807) is 4.90 Å². The molecule has 0 saturated carbocycles. The zero-order valence-corrected chi connectivity index (χ0v) is 17.7. The van der Waals surface area contributed by atoms with Crippen LogP contribution in [0.5, 0.6) is 5.75 Å². The second kappa shape index (κ2) is 9.24. The summed E-state index contributed by atoms with van der Waals surface area (Å²) < 4.78 is 5.69. The van der Waals surface area contributed by atoms with Crippen LogP contribution in [0.15, 0.2) is 35.6 Å². The van der Waals surface area contributed by atoms with Crippen LogP contribution >= 0.6 is 0 Å². The Bertz CT molecular complexity index is 735. The Morgan fingerprint density at radius 3 is 2.29 bits per heavy atom. The highest BCUT2D eigenvalue weighted by Gasteiger charge is 2.43. The Kier molecular flexibility index (Phi) is 7.24. The van der Waals surface area contributed by atoms with Crippen LogP contribution in [0.25, 0.3) is 0 Å². The van der Waals surface area contributed by atoms with Crippen molar-refractivity contribution in [1.29, 1.82) is 0 Å². The predicted octanol–water partition coefficient (Wildman–Crippen LogP) is 3.35. The number of aliphatic hydroxyl groups excluding tert-OH is 1. The molecule has 1 N–H and O–H groups in total. The molecule has 1 heterocycles. The molecule has 0 spiro atoms. The highest BCUT2D eigenvalue weighted by atomic mass is 16.5. The first-order chi connectivity index (χ1) is 13.1. The standard InChI is InChI=1S/C22H32N2O4/c1-14(2)13-18(25)19-20(16-7-9-17(10-8-16)28-15(3)4)24(12-11-23(5)6)22(27)21(19)26/h7-10,14-15,20,26H,11-13H2,1-6H3. The summed E-state index contributed by atoms with van der Waals surface area (Å²) in [7, 11) is 3.84. The Morgan fingerprint density at radius 2 is 1.79 bits per heavy atom. The van der Waals surface area contributed by atoms with Crippen molar-refractivity contribution in [2.24, 2.45) is 5.92 Å². The Morgan fingerprint density at radius 1 is 1.18 bits per heavy atom. The third kappa shape index (κ3) is 5.13. The van der Waals surface area contributed by atoms with E-state index < -0.39 is 17.7 Å². The molecule has 0 radical (unpaired) electrons. The fourth-order valence-corrected chi connectivity index (χ4v) is 3.30. The number of carbonyl (C=O) groups is 2. The first kappa shape index (κ1) is 22.0. The van der Waals surface area contributed by atoms with Crippen LogP contribution in [0.3, 0.4) is 0 Å². The lowest BCUT2D eigenvalue weighted by Gasteiger charge is -2.28. The van der Waals surface area contributed by atoms with Crippen LogP contribution in [0.2, 0.25) is 0 Å². The molecule has 0 aromatic heterocycles. The lowest BCUT2D eigenvalue weighted by molar-refractivity contribution is -0.129. The second-order valence-corrected chi connectivity index (χ2v) is 8.22. The van der Waals surface area contributed by atoms with Crippen molar-refractivity contribution in [3.63, 3.8) is 0 Å². The van der Waals surface area contributed by atoms with Crippen LogP contribution in [0.4, 0.5) is 0 Å². The summed E-state index contributed by atoms with van der Waals surface area (Å²) in [6, 6.07) is 6.82. The number of rotatable bonds is 9. The summed E-state index contributed by atoms with van der Waals surface area (Å²) in [6.07, 6.45) is 0.349. The molecule has 2 rings (SSSR count). The fourth-order valence-electron chi connectivity index (χ4n) is 3.30. The minimum absolute atomic E-state index is 0.0580. The summed E-state index contributed by atoms with van der Waals surface area (Å²) in [6.45, 7) is 8.86. The maximum atomic E-state index is 12.9. The summed E-state index contributed by atoms with van der Waals surface area (Å²) in [5.41, 5.74) is 0.995. The smallest absolute Gasteiger partial charge is 0.290 e. The van der Waals surface area contributed by atoms with Crippen LogP contribution in [0.1, 0.15) is 45.7 Å². The molecule has 1 aromatic rings. The minimum atomic E-state index is -0.577. The quantitative estimate of drug-likeness (QED) is 0.703. The second-order valence-electron chi connectivity index (χ2n) is 8.22. The Balaban J connectivity index is 2.41. The monoisotopic (exact) mass is 388 g/mol. The van der Waals surface area contributed by atoms with E-state index in [0.29, 0.717) is 19.5 Å². The van der Waals surface area contributed by atoms with Gasteiger partial charge in [-0.05, 0) is 51.6 Å². The van der Waals surface area contributed by atoms with Gasteiger partial charge in [0, 0.05) is 19.5 Å². The lowest BCUT2D eigenvalue weighted by atomic mass is 9.92. The van der Waals surface area contributed by atoms with E-state index in [4.69, 9.17) is 4.74 Å². The average Bonchev–Trinajstić information content (AvgIpc) is 2.84. The highest BCUT2D eigenvalue weighted by Crippen LogP contribution is 2.39. The van der Waals surface area contributed by atoms with E-state index in [-0.39, 0.29) is 23.4 Å². The third-order valence-electron chi connectivity index (χ3n) is 4.55. The van der Waals surface area contributed by atoms with E-state index in [0.717, 1.165) is 11.3 Å². The van der Waals surface area contributed by atoms with Gasteiger partial charge in [0.2, 0.25) is 0 Å². The molecule has 0 saturated heterocycles. The van der Waals surface area contributed by atoms with E-state index in [1.807, 2.05) is 71.0 Å². The number of benzene rings is 1. The van der Waals surface area contributed by atoms with Gasteiger partial charge in [-0.25, -0.2) is 0 Å². The van der Waals surface area contributed by atoms with E-state index in [9.17, 15) is 14.7 Å². The van der Waals surface area contributed by atoms with Crippen LogP contribution in [0, 0.1) is 5.92 Å². The van der Waals surface area contributed by atoms with Crippen LogP contribution in [-0.4, -0.2) is 59.9 Å². The van der Waals surface area contributed by atoms with E-state index in [2.05, 4.69) is 0 Å². The SMILES string of the molecule is CC(C)CC(=O)C1=C(O)C(=O)N(CCN(C)C)C1c1ccc(OC(C)C)cc1. The molecule has 154 valence electrons. The van der Waals surface area contributed by atoms with Gasteiger partial charge in [-0.2, -0.15) is 0 Å². The molecule has 1 atom stereocenters. The molecular formula is C22H32N2O4. The number of Topliss-reactive ketones (excluding diaryl/α,β-unsaturated/α-hetero) is 1. The molecule has 6 heteroatoms. The van der Waals surface area contributed by atoms with Crippen molar-refractivity contribution in [3.05, 3.63) is 41.2 Å². The highest BCUT2D eigenvalue weighted by molar-refractivity contribution is 6.09. The summed E-state index contributed by atoms with van der Waals surface area (Å²) in [5, 5.41) is 10.5. The zero-order chi connectivity index (χ0) is 21.0. The van der Waals surface area contributed by atoms with Crippen molar-refractivity contribution >= 4 is 11.7 Å². The number of carbonyl (C=O) groups excluding carboxylic acids is 2. The average molecular weight is 389 g/mol. The van der Waals surface area contributed by atoms with Gasteiger partial charge in [0.1, 0.15) is 5.75 Å². The number of ether oxygens (including phenoxy) is 1. The van der Waals surface area contributed by atoms with Gasteiger partial charge in [-0.1, -0.05) is 26.0 Å². The maximum absolute atomic E-state index is 12.9. The molecule has 0 fully saturated rings. The van der Waals surface area contributed by atoms with E-state index in [1.165, 1.54) is 0 Å². The number of amides is 1. The van der Waals surface area contributed by atoms with Crippen molar-refractivity contribution in [2.45, 2.75) is 46.3 Å². The van der Waals surface area contributed by atoms with Crippen LogP contribution in [-0.2, 0) is 9.59 Å². The molecular weight excluding hydrogens is 356 g/mol. The first-order valence-electron chi connectivity index (χ1n) is 9.80. The van der Waals surface area contributed by atoms with Gasteiger partial charge in [-0.15, -0.1) is 0 Å². The molecule has 28 heavy (non-hydrogen) atoms. The molecule has 1 amide bonds. The molecule has 1 aliphatic rings. The molecule has 0 aliphatic carbocycles. The molecule has 1 unspecified atom stereocenters. The lowest BCUT2D eigenvalue weighted by Crippen LogP contribution is -2.36. The summed E-state index contributed by atoms with van der Waals surface area (Å²) in [5.74, 6) is -0.216. The minimum Gasteiger partial charge on any atom is -0.503 e.